The summed E-state index contributed by atoms with van der Waals surface area (Å²) in [7, 11) is 0. The average molecular weight is 262 g/mol. The summed E-state index contributed by atoms with van der Waals surface area (Å²) in [6.45, 7) is 0.954. The van der Waals surface area contributed by atoms with Gasteiger partial charge < -0.3 is 4.90 Å². The molecular formula is C13H14N2O4. The fraction of sp³-hybridized carbons (Fsp3) is 0.385. The maximum absolute atomic E-state index is 12.0. The van der Waals surface area contributed by atoms with Crippen molar-refractivity contribution in [3.05, 3.63) is 39.9 Å². The first-order chi connectivity index (χ1) is 9.06. The van der Waals surface area contributed by atoms with E-state index in [1.54, 1.807) is 17.0 Å². The number of rotatable bonds is 3. The molecule has 0 aromatic heterocycles. The van der Waals surface area contributed by atoms with Crippen molar-refractivity contribution >= 4 is 17.4 Å². The third-order valence-electron chi connectivity index (χ3n) is 3.18. The van der Waals surface area contributed by atoms with Gasteiger partial charge in [0.2, 0.25) is 5.91 Å². The standard InChI is InChI=1S/C13H14N2O4/c16-12-5-7-14(8-6-12)13(17)9-10-1-3-11(4-2-10)15(18)19/h1-4H,5-9H2. The lowest BCUT2D eigenvalue weighted by Crippen LogP contribution is -2.39. The van der Waals surface area contributed by atoms with Gasteiger partial charge in [0.15, 0.2) is 0 Å². The normalized spacial score (nSPS) is 15.4. The van der Waals surface area contributed by atoms with Crippen LogP contribution in [-0.2, 0) is 16.0 Å². The maximum Gasteiger partial charge on any atom is 0.269 e. The van der Waals surface area contributed by atoms with Gasteiger partial charge in [0.1, 0.15) is 5.78 Å². The van der Waals surface area contributed by atoms with Crippen molar-refractivity contribution in [2.24, 2.45) is 0 Å². The van der Waals surface area contributed by atoms with E-state index in [4.69, 9.17) is 0 Å². The zero-order chi connectivity index (χ0) is 13.8. The Bertz CT molecular complexity index is 500. The van der Waals surface area contributed by atoms with Crippen LogP contribution in [0.15, 0.2) is 24.3 Å². The molecule has 1 saturated heterocycles. The maximum atomic E-state index is 12.0. The minimum Gasteiger partial charge on any atom is -0.342 e. The van der Waals surface area contributed by atoms with Crippen LogP contribution >= 0.6 is 0 Å². The Morgan fingerprint density at radius 2 is 1.79 bits per heavy atom. The van der Waals surface area contributed by atoms with Crippen molar-refractivity contribution in [1.82, 2.24) is 4.90 Å². The lowest BCUT2D eigenvalue weighted by atomic mass is 10.1. The summed E-state index contributed by atoms with van der Waals surface area (Å²) >= 11 is 0. The highest BCUT2D eigenvalue weighted by molar-refractivity contribution is 5.84. The van der Waals surface area contributed by atoms with Crippen LogP contribution in [0.25, 0.3) is 0 Å². The second-order valence-electron chi connectivity index (χ2n) is 4.52. The molecule has 19 heavy (non-hydrogen) atoms. The molecule has 0 radical (unpaired) electrons. The van der Waals surface area contributed by atoms with Gasteiger partial charge in [-0.1, -0.05) is 12.1 Å². The number of nitro benzene ring substituents is 1. The molecule has 0 spiro atoms. The van der Waals surface area contributed by atoms with Gasteiger partial charge >= 0.3 is 0 Å². The number of amides is 1. The topological polar surface area (TPSA) is 80.5 Å². The van der Waals surface area contributed by atoms with Gasteiger partial charge in [-0.2, -0.15) is 0 Å². The Labute approximate surface area is 110 Å². The molecule has 1 fully saturated rings. The van der Waals surface area contributed by atoms with Gasteiger partial charge in [0, 0.05) is 38.1 Å². The molecule has 1 aromatic carbocycles. The van der Waals surface area contributed by atoms with Gasteiger partial charge in [-0.25, -0.2) is 0 Å². The van der Waals surface area contributed by atoms with Gasteiger partial charge in [0.25, 0.3) is 5.69 Å². The molecule has 2 rings (SSSR count). The molecule has 6 heteroatoms. The average Bonchev–Trinajstić information content (AvgIpc) is 2.40. The van der Waals surface area contributed by atoms with Gasteiger partial charge in [-0.05, 0) is 5.56 Å². The number of hydrogen-bond donors (Lipinski definition) is 0. The molecule has 1 heterocycles. The molecule has 1 aliphatic rings. The van der Waals surface area contributed by atoms with E-state index >= 15 is 0 Å². The zero-order valence-corrected chi connectivity index (χ0v) is 10.4. The lowest BCUT2D eigenvalue weighted by Gasteiger charge is -2.26. The highest BCUT2D eigenvalue weighted by Crippen LogP contribution is 2.14. The van der Waals surface area contributed by atoms with Crippen molar-refractivity contribution in [2.45, 2.75) is 19.3 Å². The molecule has 0 atom stereocenters. The summed E-state index contributed by atoms with van der Waals surface area (Å²) in [6.07, 6.45) is 1.06. The smallest absolute Gasteiger partial charge is 0.269 e. The largest absolute Gasteiger partial charge is 0.342 e. The van der Waals surface area contributed by atoms with Crippen LogP contribution in [0.3, 0.4) is 0 Å². The first-order valence-corrected chi connectivity index (χ1v) is 6.09. The molecular weight excluding hydrogens is 248 g/mol. The van der Waals surface area contributed by atoms with Crippen molar-refractivity contribution in [3.8, 4) is 0 Å². The molecule has 1 aliphatic heterocycles. The number of benzene rings is 1. The minimum absolute atomic E-state index is 0.0137. The first-order valence-electron chi connectivity index (χ1n) is 6.09. The van der Waals surface area contributed by atoms with E-state index in [0.29, 0.717) is 25.9 Å². The summed E-state index contributed by atoms with van der Waals surface area (Å²) in [4.78, 5) is 34.8. The Morgan fingerprint density at radius 1 is 1.21 bits per heavy atom. The van der Waals surface area contributed by atoms with Gasteiger partial charge in [-0.3, -0.25) is 19.7 Å². The predicted octanol–water partition coefficient (Wildman–Crippen LogP) is 1.33. The summed E-state index contributed by atoms with van der Waals surface area (Å²) in [6, 6.07) is 5.96. The molecule has 0 unspecified atom stereocenters. The molecule has 1 aromatic rings. The van der Waals surface area contributed by atoms with Crippen LogP contribution in [0.4, 0.5) is 5.69 Å². The van der Waals surface area contributed by atoms with E-state index in [2.05, 4.69) is 0 Å². The number of carbonyl (C=O) groups is 2. The van der Waals surface area contributed by atoms with Crippen LogP contribution in [-0.4, -0.2) is 34.6 Å². The van der Waals surface area contributed by atoms with E-state index in [-0.39, 0.29) is 23.8 Å². The van der Waals surface area contributed by atoms with E-state index < -0.39 is 4.92 Å². The van der Waals surface area contributed by atoms with E-state index in [1.165, 1.54) is 12.1 Å². The zero-order valence-electron chi connectivity index (χ0n) is 10.4. The number of non-ortho nitro benzene ring substituents is 1. The second kappa shape index (κ2) is 5.60. The Kier molecular flexibility index (Phi) is 3.89. The summed E-state index contributed by atoms with van der Waals surface area (Å²) in [5.41, 5.74) is 0.757. The number of hydrogen-bond acceptors (Lipinski definition) is 4. The van der Waals surface area contributed by atoms with Crippen molar-refractivity contribution < 1.29 is 14.5 Å². The SMILES string of the molecule is O=C1CCN(C(=O)Cc2ccc([N+](=O)[O-])cc2)CC1. The summed E-state index contributed by atoms with van der Waals surface area (Å²) in [5.74, 6) is 0.153. The molecule has 0 N–H and O–H groups in total. The predicted molar refractivity (Wildman–Crippen MR) is 67.6 cm³/mol. The van der Waals surface area contributed by atoms with Crippen LogP contribution < -0.4 is 0 Å². The number of nitrogens with zero attached hydrogens (tertiary/aromatic N) is 2. The fourth-order valence-electron chi connectivity index (χ4n) is 2.03. The van der Waals surface area contributed by atoms with Crippen LogP contribution in [0.1, 0.15) is 18.4 Å². The van der Waals surface area contributed by atoms with Crippen LogP contribution in [0.2, 0.25) is 0 Å². The number of carbonyl (C=O) groups excluding carboxylic acids is 2. The van der Waals surface area contributed by atoms with Crippen LogP contribution in [0.5, 0.6) is 0 Å². The Morgan fingerprint density at radius 3 is 2.32 bits per heavy atom. The third-order valence-corrected chi connectivity index (χ3v) is 3.18. The molecule has 1 amide bonds. The molecule has 0 bridgehead atoms. The Balaban J connectivity index is 1.95. The van der Waals surface area contributed by atoms with Crippen LogP contribution in [0, 0.1) is 10.1 Å². The van der Waals surface area contributed by atoms with Crippen molar-refractivity contribution in [2.75, 3.05) is 13.1 Å². The highest BCUT2D eigenvalue weighted by Gasteiger charge is 2.20. The first kappa shape index (κ1) is 13.2. The minimum atomic E-state index is -0.470. The van der Waals surface area contributed by atoms with E-state index in [9.17, 15) is 19.7 Å². The van der Waals surface area contributed by atoms with Gasteiger partial charge in [0.05, 0.1) is 11.3 Å². The number of Topliss-reactive ketones (excluding diaryl/α,β-unsaturated/α-hetero) is 1. The number of likely N-dealkylation sites (tertiary alicyclic amines) is 1. The molecule has 0 aliphatic carbocycles. The van der Waals surface area contributed by atoms with E-state index in [0.717, 1.165) is 5.56 Å². The number of piperidine rings is 1. The van der Waals surface area contributed by atoms with Crippen molar-refractivity contribution in [3.63, 3.8) is 0 Å². The summed E-state index contributed by atoms with van der Waals surface area (Å²) in [5, 5.41) is 10.5. The highest BCUT2D eigenvalue weighted by atomic mass is 16.6. The summed E-state index contributed by atoms with van der Waals surface area (Å²) < 4.78 is 0. The lowest BCUT2D eigenvalue weighted by molar-refractivity contribution is -0.384. The molecule has 100 valence electrons. The fourth-order valence-corrected chi connectivity index (χ4v) is 2.03. The number of ketones is 1. The second-order valence-corrected chi connectivity index (χ2v) is 4.52. The van der Waals surface area contributed by atoms with E-state index in [1.807, 2.05) is 0 Å². The molecule has 0 saturated carbocycles. The van der Waals surface area contributed by atoms with Gasteiger partial charge in [-0.15, -0.1) is 0 Å². The number of nitro groups is 1. The third kappa shape index (κ3) is 3.37. The molecule has 6 nitrogen and oxygen atoms in total. The monoisotopic (exact) mass is 262 g/mol. The van der Waals surface area contributed by atoms with Crippen molar-refractivity contribution in [1.29, 1.82) is 0 Å². The Hall–Kier alpha value is -2.24. The quantitative estimate of drug-likeness (QED) is 0.608.